The van der Waals surface area contributed by atoms with Crippen molar-refractivity contribution in [3.63, 3.8) is 0 Å². The Kier molecular flexibility index (Phi) is 5.09. The van der Waals surface area contributed by atoms with Crippen LogP contribution in [0.1, 0.15) is 64.4 Å². The fourth-order valence-electron chi connectivity index (χ4n) is 6.81. The van der Waals surface area contributed by atoms with Crippen molar-refractivity contribution in [3.05, 3.63) is 35.9 Å². The standard InChI is InChI=1S/C24H36N2O/c1-4-23(14-22(27)25-21-15-26(3)16-21)12-19-10-18(2)11-24(13-19,17-23)20-8-6-5-7-9-20/h5-9,18-19,21H,4,10-17H2,1-3H3,(H,25,27). The molecular weight excluding hydrogens is 332 g/mol. The molecule has 4 rings (SSSR count). The van der Waals surface area contributed by atoms with Crippen molar-refractivity contribution in [2.24, 2.45) is 17.3 Å². The Hall–Kier alpha value is -1.35. The van der Waals surface area contributed by atoms with Crippen LogP contribution in [-0.4, -0.2) is 37.0 Å². The zero-order valence-electron chi connectivity index (χ0n) is 17.3. The molecule has 0 spiro atoms. The van der Waals surface area contributed by atoms with Crippen molar-refractivity contribution < 1.29 is 4.79 Å². The van der Waals surface area contributed by atoms with Gasteiger partial charge in [0, 0.05) is 19.5 Å². The molecule has 4 unspecified atom stereocenters. The Morgan fingerprint density at radius 1 is 1.19 bits per heavy atom. The SMILES string of the molecule is CCC1(CC(=O)NC2CN(C)C2)CC2CC(C)CC(c3ccccc3)(C2)C1. The first-order valence-electron chi connectivity index (χ1n) is 11.0. The minimum Gasteiger partial charge on any atom is -0.351 e. The molecule has 1 amide bonds. The summed E-state index contributed by atoms with van der Waals surface area (Å²) in [6.45, 7) is 6.74. The molecule has 3 heteroatoms. The van der Waals surface area contributed by atoms with Crippen molar-refractivity contribution in [2.45, 2.75) is 70.3 Å². The lowest BCUT2D eigenvalue weighted by atomic mass is 9.49. The van der Waals surface area contributed by atoms with E-state index in [0.717, 1.165) is 31.3 Å². The second kappa shape index (κ2) is 7.24. The second-order valence-corrected chi connectivity index (χ2v) is 10.2. The van der Waals surface area contributed by atoms with Gasteiger partial charge in [0.25, 0.3) is 0 Å². The highest BCUT2D eigenvalue weighted by molar-refractivity contribution is 5.77. The van der Waals surface area contributed by atoms with E-state index in [-0.39, 0.29) is 16.7 Å². The van der Waals surface area contributed by atoms with Crippen molar-refractivity contribution in [3.8, 4) is 0 Å². The second-order valence-electron chi connectivity index (χ2n) is 10.2. The minimum absolute atomic E-state index is 0.165. The number of hydrogen-bond donors (Lipinski definition) is 1. The van der Waals surface area contributed by atoms with Crippen LogP contribution in [0.3, 0.4) is 0 Å². The fraction of sp³-hybridized carbons (Fsp3) is 0.708. The predicted octanol–water partition coefficient (Wildman–Crippen LogP) is 4.37. The Morgan fingerprint density at radius 3 is 2.59 bits per heavy atom. The van der Waals surface area contributed by atoms with E-state index in [1.54, 1.807) is 0 Å². The highest BCUT2D eigenvalue weighted by Gasteiger charge is 2.52. The number of nitrogens with one attached hydrogen (secondary N) is 1. The molecule has 0 radical (unpaired) electrons. The summed E-state index contributed by atoms with van der Waals surface area (Å²) in [5.74, 6) is 1.84. The maximum absolute atomic E-state index is 12.9. The van der Waals surface area contributed by atoms with E-state index in [1.807, 2.05) is 0 Å². The average molecular weight is 369 g/mol. The van der Waals surface area contributed by atoms with Gasteiger partial charge in [-0.05, 0) is 73.8 Å². The van der Waals surface area contributed by atoms with E-state index >= 15 is 0 Å². The normalized spacial score (nSPS) is 36.9. The molecule has 27 heavy (non-hydrogen) atoms. The summed E-state index contributed by atoms with van der Waals surface area (Å²) in [5.41, 5.74) is 1.95. The minimum atomic E-state index is 0.165. The smallest absolute Gasteiger partial charge is 0.220 e. The molecule has 2 saturated carbocycles. The first kappa shape index (κ1) is 19.0. The quantitative estimate of drug-likeness (QED) is 0.837. The lowest BCUT2D eigenvalue weighted by molar-refractivity contribution is -0.127. The van der Waals surface area contributed by atoms with Gasteiger partial charge in [0.1, 0.15) is 0 Å². The maximum atomic E-state index is 12.9. The van der Waals surface area contributed by atoms with Gasteiger partial charge in [-0.15, -0.1) is 0 Å². The monoisotopic (exact) mass is 368 g/mol. The summed E-state index contributed by atoms with van der Waals surface area (Å²) in [6.07, 6.45) is 8.18. The van der Waals surface area contributed by atoms with Crippen LogP contribution in [0.2, 0.25) is 0 Å². The lowest BCUT2D eigenvalue weighted by Crippen LogP contribution is -2.58. The molecule has 1 heterocycles. The first-order chi connectivity index (χ1) is 12.9. The number of benzene rings is 1. The lowest BCUT2D eigenvalue weighted by Gasteiger charge is -2.56. The van der Waals surface area contributed by atoms with E-state index in [0.29, 0.717) is 12.5 Å². The number of likely N-dealkylation sites (N-methyl/N-ethyl adjacent to an activating group) is 1. The van der Waals surface area contributed by atoms with Crippen LogP contribution in [0.15, 0.2) is 30.3 Å². The largest absolute Gasteiger partial charge is 0.351 e. The molecule has 2 aliphatic carbocycles. The number of nitrogens with zero attached hydrogens (tertiary/aromatic N) is 1. The molecule has 1 N–H and O–H groups in total. The van der Waals surface area contributed by atoms with Crippen LogP contribution in [0.5, 0.6) is 0 Å². The average Bonchev–Trinajstić information content (AvgIpc) is 2.60. The van der Waals surface area contributed by atoms with E-state index in [4.69, 9.17) is 0 Å². The van der Waals surface area contributed by atoms with E-state index < -0.39 is 0 Å². The molecule has 148 valence electrons. The van der Waals surface area contributed by atoms with Crippen molar-refractivity contribution >= 4 is 5.91 Å². The van der Waals surface area contributed by atoms with Crippen LogP contribution in [0.25, 0.3) is 0 Å². The molecular formula is C24H36N2O. The van der Waals surface area contributed by atoms with Crippen LogP contribution in [0.4, 0.5) is 0 Å². The van der Waals surface area contributed by atoms with E-state index in [2.05, 4.69) is 61.4 Å². The third-order valence-electron chi connectivity index (χ3n) is 7.69. The summed E-state index contributed by atoms with van der Waals surface area (Å²) >= 11 is 0. The number of rotatable bonds is 5. The molecule has 0 aromatic heterocycles. The molecule has 1 aromatic carbocycles. The van der Waals surface area contributed by atoms with Crippen molar-refractivity contribution in [1.29, 1.82) is 0 Å². The summed E-state index contributed by atoms with van der Waals surface area (Å²) in [6, 6.07) is 11.6. The van der Waals surface area contributed by atoms with E-state index in [9.17, 15) is 4.79 Å². The summed E-state index contributed by atoms with van der Waals surface area (Å²) in [5, 5.41) is 3.30. The van der Waals surface area contributed by atoms with Crippen molar-refractivity contribution in [1.82, 2.24) is 10.2 Å². The summed E-state index contributed by atoms with van der Waals surface area (Å²) in [7, 11) is 2.11. The van der Waals surface area contributed by atoms with Gasteiger partial charge >= 0.3 is 0 Å². The van der Waals surface area contributed by atoms with Gasteiger partial charge in [-0.1, -0.05) is 44.2 Å². The molecule has 2 bridgehead atoms. The van der Waals surface area contributed by atoms with Crippen molar-refractivity contribution in [2.75, 3.05) is 20.1 Å². The number of likely N-dealkylation sites (tertiary alicyclic amines) is 1. The molecule has 1 aliphatic heterocycles. The zero-order chi connectivity index (χ0) is 19.1. The summed E-state index contributed by atoms with van der Waals surface area (Å²) in [4.78, 5) is 15.1. The molecule has 1 aromatic rings. The van der Waals surface area contributed by atoms with E-state index in [1.165, 1.54) is 37.7 Å². The zero-order valence-corrected chi connectivity index (χ0v) is 17.3. The van der Waals surface area contributed by atoms with Gasteiger partial charge in [0.2, 0.25) is 5.91 Å². The van der Waals surface area contributed by atoms with Gasteiger partial charge < -0.3 is 10.2 Å². The van der Waals surface area contributed by atoms with Gasteiger partial charge in [-0.25, -0.2) is 0 Å². The number of carbonyl (C=O) groups excluding carboxylic acids is 1. The summed E-state index contributed by atoms with van der Waals surface area (Å²) < 4.78 is 0. The van der Waals surface area contributed by atoms with Crippen LogP contribution >= 0.6 is 0 Å². The van der Waals surface area contributed by atoms with Crippen LogP contribution in [-0.2, 0) is 10.2 Å². The third-order valence-corrected chi connectivity index (χ3v) is 7.69. The Balaban J connectivity index is 1.55. The Labute approximate surface area is 164 Å². The Bertz CT molecular complexity index is 664. The fourth-order valence-corrected chi connectivity index (χ4v) is 6.81. The first-order valence-corrected chi connectivity index (χ1v) is 11.0. The molecule has 3 fully saturated rings. The highest BCUT2D eigenvalue weighted by atomic mass is 16.1. The predicted molar refractivity (Wildman–Crippen MR) is 111 cm³/mol. The molecule has 1 saturated heterocycles. The number of amides is 1. The number of carbonyl (C=O) groups is 1. The molecule has 3 aliphatic rings. The topological polar surface area (TPSA) is 32.3 Å². The van der Waals surface area contributed by atoms with Gasteiger partial charge in [0.15, 0.2) is 0 Å². The van der Waals surface area contributed by atoms with Gasteiger partial charge in [-0.3, -0.25) is 4.79 Å². The molecule has 4 atom stereocenters. The van der Waals surface area contributed by atoms with Gasteiger partial charge in [0.05, 0.1) is 6.04 Å². The van der Waals surface area contributed by atoms with Gasteiger partial charge in [-0.2, -0.15) is 0 Å². The number of hydrogen-bond acceptors (Lipinski definition) is 2. The maximum Gasteiger partial charge on any atom is 0.220 e. The number of fused-ring (bicyclic) bond motifs is 2. The van der Waals surface area contributed by atoms with Crippen LogP contribution in [0, 0.1) is 17.3 Å². The molecule has 3 nitrogen and oxygen atoms in total. The highest BCUT2D eigenvalue weighted by Crippen LogP contribution is 2.60. The third kappa shape index (κ3) is 3.81. The van der Waals surface area contributed by atoms with Crippen LogP contribution < -0.4 is 5.32 Å². The Morgan fingerprint density at radius 2 is 1.93 bits per heavy atom.